The molecule has 0 saturated heterocycles. The maximum Gasteiger partial charge on any atom is 0.332 e. The lowest BCUT2D eigenvalue weighted by atomic mass is 10.4. The summed E-state index contributed by atoms with van der Waals surface area (Å²) < 4.78 is 4.73. The summed E-state index contributed by atoms with van der Waals surface area (Å²) >= 11 is 0. The molecule has 1 atom stereocenters. The monoisotopic (exact) mass is 214 g/mol. The van der Waals surface area contributed by atoms with Crippen molar-refractivity contribution in [1.29, 1.82) is 0 Å². The number of esters is 1. The van der Waals surface area contributed by atoms with Gasteiger partial charge >= 0.3 is 5.97 Å². The molecule has 1 unspecified atom stereocenters. The van der Waals surface area contributed by atoms with E-state index in [2.05, 4.69) is 5.32 Å². The highest BCUT2D eigenvalue weighted by molar-refractivity contribution is 5.94. The van der Waals surface area contributed by atoms with Crippen molar-refractivity contribution in [2.24, 2.45) is 5.73 Å². The van der Waals surface area contributed by atoms with E-state index in [1.165, 1.54) is 0 Å². The van der Waals surface area contributed by atoms with Crippen LogP contribution in [0.25, 0.3) is 0 Å². The number of rotatable bonds is 6. The summed E-state index contributed by atoms with van der Waals surface area (Å²) in [4.78, 5) is 22.0. The second-order valence-electron chi connectivity index (χ2n) is 3.01. The van der Waals surface area contributed by atoms with E-state index in [0.717, 1.165) is 18.6 Å². The molecule has 0 aliphatic heterocycles. The Bertz CT molecular complexity index is 239. The number of hydrogen-bond acceptors (Lipinski definition) is 4. The van der Waals surface area contributed by atoms with Crippen LogP contribution in [0.2, 0.25) is 0 Å². The first-order valence-electron chi connectivity index (χ1n) is 5.02. The van der Waals surface area contributed by atoms with Gasteiger partial charge in [-0.2, -0.15) is 0 Å². The van der Waals surface area contributed by atoms with Gasteiger partial charge in [-0.25, -0.2) is 4.79 Å². The van der Waals surface area contributed by atoms with Crippen molar-refractivity contribution in [2.45, 2.75) is 32.9 Å². The molecule has 0 radical (unpaired) electrons. The lowest BCUT2D eigenvalue weighted by molar-refractivity contribution is -0.143. The quantitative estimate of drug-likeness (QED) is 0.378. The second kappa shape index (κ2) is 7.99. The zero-order valence-electron chi connectivity index (χ0n) is 9.16. The summed E-state index contributed by atoms with van der Waals surface area (Å²) in [6, 6.07) is 0. The summed E-state index contributed by atoms with van der Waals surface area (Å²) in [5.74, 6) is -0.908. The molecule has 15 heavy (non-hydrogen) atoms. The molecule has 86 valence electrons. The molecule has 0 aromatic heterocycles. The molecule has 0 spiro atoms. The van der Waals surface area contributed by atoms with E-state index in [-0.39, 0.29) is 5.91 Å². The van der Waals surface area contributed by atoms with Gasteiger partial charge in [0, 0.05) is 18.7 Å². The van der Waals surface area contributed by atoms with Crippen LogP contribution in [0, 0.1) is 0 Å². The van der Waals surface area contributed by atoms with Crippen LogP contribution in [0.4, 0.5) is 0 Å². The molecule has 0 aromatic rings. The molecule has 0 rings (SSSR count). The van der Waals surface area contributed by atoms with E-state index >= 15 is 0 Å². The van der Waals surface area contributed by atoms with Gasteiger partial charge in [0.25, 0.3) is 0 Å². The molecule has 1 amide bonds. The molecule has 0 bridgehead atoms. The van der Waals surface area contributed by atoms with Crippen molar-refractivity contribution in [2.75, 3.05) is 6.54 Å². The lowest BCUT2D eigenvalue weighted by Gasteiger charge is -2.07. The third kappa shape index (κ3) is 7.69. The summed E-state index contributed by atoms with van der Waals surface area (Å²) in [6.07, 6.45) is 2.99. The Balaban J connectivity index is 3.84. The fourth-order valence-corrected chi connectivity index (χ4v) is 0.723. The average molecular weight is 214 g/mol. The Morgan fingerprint density at radius 3 is 2.60 bits per heavy atom. The highest BCUT2D eigenvalue weighted by Crippen LogP contribution is 1.91. The molecule has 0 fully saturated rings. The van der Waals surface area contributed by atoms with Gasteiger partial charge in [-0.1, -0.05) is 13.8 Å². The predicted molar refractivity (Wildman–Crippen MR) is 56.8 cm³/mol. The van der Waals surface area contributed by atoms with Crippen molar-refractivity contribution in [1.82, 2.24) is 5.32 Å². The Labute approximate surface area is 89.7 Å². The van der Waals surface area contributed by atoms with Crippen molar-refractivity contribution >= 4 is 11.9 Å². The van der Waals surface area contributed by atoms with Gasteiger partial charge in [0.2, 0.25) is 5.91 Å². The lowest BCUT2D eigenvalue weighted by Crippen LogP contribution is -2.26. The van der Waals surface area contributed by atoms with E-state index < -0.39 is 12.2 Å². The Kier molecular flexibility index (Phi) is 7.27. The number of nitrogens with two attached hydrogens (primary N) is 1. The summed E-state index contributed by atoms with van der Waals surface area (Å²) in [5, 5.41) is 2.59. The number of carbonyl (C=O) groups excluding carboxylic acids is 2. The van der Waals surface area contributed by atoms with E-state index in [1.54, 1.807) is 6.92 Å². The second-order valence-corrected chi connectivity index (χ2v) is 3.01. The number of carbonyl (C=O) groups is 2. The van der Waals surface area contributed by atoms with Gasteiger partial charge in [0.15, 0.2) is 6.23 Å². The van der Waals surface area contributed by atoms with Gasteiger partial charge in [-0.05, 0) is 12.8 Å². The van der Waals surface area contributed by atoms with Crippen molar-refractivity contribution in [3.05, 3.63) is 12.2 Å². The fraction of sp³-hybridized carbons (Fsp3) is 0.600. The molecule has 5 heteroatoms. The summed E-state index contributed by atoms with van der Waals surface area (Å²) in [7, 11) is 0. The van der Waals surface area contributed by atoms with Crippen LogP contribution in [-0.4, -0.2) is 24.6 Å². The maximum atomic E-state index is 11.0. The minimum Gasteiger partial charge on any atom is -0.444 e. The summed E-state index contributed by atoms with van der Waals surface area (Å²) in [6.45, 7) is 4.33. The first-order chi connectivity index (χ1) is 7.10. The van der Waals surface area contributed by atoms with Crippen LogP contribution in [0.3, 0.4) is 0 Å². The van der Waals surface area contributed by atoms with Crippen LogP contribution in [0.5, 0.6) is 0 Å². The molecular weight excluding hydrogens is 196 g/mol. The van der Waals surface area contributed by atoms with Gasteiger partial charge in [-0.15, -0.1) is 0 Å². The van der Waals surface area contributed by atoms with Gasteiger partial charge < -0.3 is 10.1 Å². The largest absolute Gasteiger partial charge is 0.444 e. The molecule has 0 saturated carbocycles. The van der Waals surface area contributed by atoms with Crippen LogP contribution >= 0.6 is 0 Å². The summed E-state index contributed by atoms with van der Waals surface area (Å²) in [5.41, 5.74) is 5.38. The SMILES string of the molecule is CCCNC(=O)/C=C\C(=O)OC(N)CC. The smallest absolute Gasteiger partial charge is 0.332 e. The van der Waals surface area contributed by atoms with Crippen LogP contribution in [0.1, 0.15) is 26.7 Å². The van der Waals surface area contributed by atoms with E-state index in [0.29, 0.717) is 13.0 Å². The Morgan fingerprint density at radius 1 is 1.40 bits per heavy atom. The first-order valence-corrected chi connectivity index (χ1v) is 5.02. The van der Waals surface area contributed by atoms with Crippen molar-refractivity contribution < 1.29 is 14.3 Å². The average Bonchev–Trinajstić information content (AvgIpc) is 2.23. The van der Waals surface area contributed by atoms with Gasteiger partial charge in [-0.3, -0.25) is 10.5 Å². The molecule has 5 nitrogen and oxygen atoms in total. The Hall–Kier alpha value is -1.36. The zero-order valence-corrected chi connectivity index (χ0v) is 9.16. The predicted octanol–water partition coefficient (Wildman–Crippen LogP) is 0.307. The third-order valence-corrected chi connectivity index (χ3v) is 1.59. The molecule has 0 aliphatic rings. The number of hydrogen-bond donors (Lipinski definition) is 2. The molecule has 0 aromatic carbocycles. The highest BCUT2D eigenvalue weighted by Gasteiger charge is 2.04. The van der Waals surface area contributed by atoms with Gasteiger partial charge in [0.1, 0.15) is 0 Å². The number of amides is 1. The number of nitrogens with one attached hydrogen (secondary N) is 1. The topological polar surface area (TPSA) is 81.4 Å². The van der Waals surface area contributed by atoms with Crippen molar-refractivity contribution in [3.8, 4) is 0 Å². The van der Waals surface area contributed by atoms with Crippen molar-refractivity contribution in [3.63, 3.8) is 0 Å². The van der Waals surface area contributed by atoms with E-state index in [4.69, 9.17) is 10.5 Å². The molecule has 0 heterocycles. The third-order valence-electron chi connectivity index (χ3n) is 1.59. The fourth-order valence-electron chi connectivity index (χ4n) is 0.723. The minimum absolute atomic E-state index is 0.307. The van der Waals surface area contributed by atoms with E-state index in [9.17, 15) is 9.59 Å². The maximum absolute atomic E-state index is 11.0. The Morgan fingerprint density at radius 2 is 2.07 bits per heavy atom. The molecular formula is C10H18N2O3. The number of ether oxygens (including phenoxy) is 1. The minimum atomic E-state index is -0.610. The van der Waals surface area contributed by atoms with E-state index in [1.807, 2.05) is 6.92 Å². The van der Waals surface area contributed by atoms with Crippen LogP contribution in [0.15, 0.2) is 12.2 Å². The highest BCUT2D eigenvalue weighted by atomic mass is 16.6. The standard InChI is InChI=1S/C10H18N2O3/c1-3-7-12-9(13)5-6-10(14)15-8(11)4-2/h5-6,8H,3-4,7,11H2,1-2H3,(H,12,13)/b6-5-. The zero-order chi connectivity index (χ0) is 11.7. The van der Waals surface area contributed by atoms with Gasteiger partial charge in [0.05, 0.1) is 0 Å². The molecule has 3 N–H and O–H groups in total. The van der Waals surface area contributed by atoms with Crippen LogP contribution < -0.4 is 11.1 Å². The molecule has 0 aliphatic carbocycles. The van der Waals surface area contributed by atoms with Crippen LogP contribution in [-0.2, 0) is 14.3 Å². The normalized spacial score (nSPS) is 12.5. The first kappa shape index (κ1) is 13.6.